The Morgan fingerprint density at radius 2 is 1.80 bits per heavy atom. The molecular weight excluding hydrogens is 552 g/mol. The molecule has 0 fully saturated rings. The molecule has 4 N–H and O–H groups in total. The van der Waals surface area contributed by atoms with Crippen LogP contribution in [0.1, 0.15) is 65.1 Å². The largest absolute Gasteiger partial charge is 0.493 e. The van der Waals surface area contributed by atoms with Crippen molar-refractivity contribution in [1.29, 1.82) is 5.41 Å². The fourth-order valence-electron chi connectivity index (χ4n) is 4.39. The fraction of sp³-hybridized carbons (Fsp3) is 0.429. The lowest BCUT2D eigenvalue weighted by atomic mass is 9.84. The highest BCUT2D eigenvalue weighted by molar-refractivity contribution is 7.90. The number of hydrogen-bond donors (Lipinski definition) is 4. The van der Waals surface area contributed by atoms with Crippen LogP contribution >= 0.6 is 0 Å². The van der Waals surface area contributed by atoms with Crippen LogP contribution in [-0.4, -0.2) is 80.9 Å². The van der Waals surface area contributed by atoms with Crippen LogP contribution in [0.2, 0.25) is 0 Å². The molecule has 13 heteroatoms. The molecule has 0 bridgehead atoms. The number of carboxylic acids is 1. The van der Waals surface area contributed by atoms with Crippen LogP contribution in [0.25, 0.3) is 0 Å². The number of carbonyl (C=O) groups excluding carboxylic acids is 2. The van der Waals surface area contributed by atoms with Crippen molar-refractivity contribution >= 4 is 39.0 Å². The minimum Gasteiger partial charge on any atom is -0.493 e. The first-order valence-corrected chi connectivity index (χ1v) is 14.9. The molecule has 0 radical (unpaired) electrons. The quantitative estimate of drug-likeness (QED) is 0.270. The lowest BCUT2D eigenvalue weighted by Crippen LogP contribution is -2.30. The van der Waals surface area contributed by atoms with Gasteiger partial charge in [0.1, 0.15) is 23.2 Å². The zero-order chi connectivity index (χ0) is 30.7. The topological polar surface area (TPSA) is 175 Å². The summed E-state index contributed by atoms with van der Waals surface area (Å²) in [6.07, 6.45) is 1.04. The van der Waals surface area contributed by atoms with Crippen LogP contribution in [0.3, 0.4) is 0 Å². The third kappa shape index (κ3) is 7.54. The van der Waals surface area contributed by atoms with E-state index in [9.17, 15) is 27.9 Å². The molecule has 12 nitrogen and oxygen atoms in total. The number of carbonyl (C=O) groups is 3. The number of sulfone groups is 1. The molecule has 1 amide bonds. The molecule has 1 heterocycles. The summed E-state index contributed by atoms with van der Waals surface area (Å²) in [5, 5.41) is 23.2. The number of ether oxygens (including phenoxy) is 2. The van der Waals surface area contributed by atoms with E-state index < -0.39 is 33.7 Å². The zero-order valence-electron chi connectivity index (χ0n) is 24.0. The zero-order valence-corrected chi connectivity index (χ0v) is 24.8. The van der Waals surface area contributed by atoms with Crippen molar-refractivity contribution in [3.63, 3.8) is 0 Å². The van der Waals surface area contributed by atoms with Crippen LogP contribution < -0.4 is 20.1 Å². The van der Waals surface area contributed by atoms with E-state index in [-0.39, 0.29) is 47.6 Å². The Labute approximate surface area is 239 Å². The number of benzene rings is 2. The Bertz CT molecular complexity index is 1500. The third-order valence-corrected chi connectivity index (χ3v) is 7.00. The van der Waals surface area contributed by atoms with Crippen LogP contribution in [0.5, 0.6) is 11.5 Å². The molecular formula is C28H36N4O8S. The monoisotopic (exact) mass is 588 g/mol. The molecule has 0 aliphatic carbocycles. The molecule has 0 saturated heterocycles. The number of ketones is 1. The number of carboxylic acid groups (broad SMARTS) is 1. The summed E-state index contributed by atoms with van der Waals surface area (Å²) in [7, 11) is -1.97. The van der Waals surface area contributed by atoms with E-state index in [1.54, 1.807) is 30.0 Å². The van der Waals surface area contributed by atoms with E-state index in [4.69, 9.17) is 14.9 Å². The highest BCUT2D eigenvalue weighted by Crippen LogP contribution is 2.39. The minimum absolute atomic E-state index is 0.0782. The summed E-state index contributed by atoms with van der Waals surface area (Å²) in [6.45, 7) is 7.15. The van der Waals surface area contributed by atoms with E-state index in [0.29, 0.717) is 29.0 Å². The fourth-order valence-corrected chi connectivity index (χ4v) is 4.81. The van der Waals surface area contributed by atoms with E-state index in [0.717, 1.165) is 11.8 Å². The second-order valence-corrected chi connectivity index (χ2v) is 12.9. The summed E-state index contributed by atoms with van der Waals surface area (Å²) in [5.41, 5.74) is 1.86. The molecule has 0 atom stereocenters. The van der Waals surface area contributed by atoms with Crippen LogP contribution in [0.4, 0.5) is 5.69 Å². The summed E-state index contributed by atoms with van der Waals surface area (Å²) in [6, 6.07) is 6.34. The number of nitrogens with one attached hydrogen (secondary N) is 3. The van der Waals surface area contributed by atoms with Gasteiger partial charge in [-0.15, -0.1) is 0 Å². The van der Waals surface area contributed by atoms with E-state index in [1.165, 1.54) is 13.1 Å². The molecule has 1 aliphatic heterocycles. The highest BCUT2D eigenvalue weighted by Gasteiger charge is 2.31. The average molecular weight is 589 g/mol. The standard InChI is InChI=1S/C28H36N4O8S/c1-7-39-23-10-17-12-32(26(29)18(17)11-19(23)27(36)30-5)13-22(33)16-8-20(28(2,3)4)25(40-14-24(34)35)21(9-16)31-15-41(6,37)38/h8-11,29,31H,7,12-15H2,1-6H3,(H,30,36)(H,34,35). The van der Waals surface area contributed by atoms with Gasteiger partial charge in [0.25, 0.3) is 5.91 Å². The number of amides is 1. The first-order chi connectivity index (χ1) is 19.1. The van der Waals surface area contributed by atoms with Gasteiger partial charge in [-0.3, -0.25) is 15.0 Å². The van der Waals surface area contributed by atoms with Gasteiger partial charge in [-0.05, 0) is 42.2 Å². The second-order valence-electron chi connectivity index (χ2n) is 10.7. The highest BCUT2D eigenvalue weighted by atomic mass is 32.2. The van der Waals surface area contributed by atoms with Gasteiger partial charge in [0.05, 0.1) is 24.4 Å². The second kappa shape index (κ2) is 12.2. The van der Waals surface area contributed by atoms with E-state index in [2.05, 4.69) is 10.6 Å². The molecule has 222 valence electrons. The molecule has 0 spiro atoms. The Morgan fingerprint density at radius 3 is 2.37 bits per heavy atom. The van der Waals surface area contributed by atoms with Gasteiger partial charge in [0, 0.05) is 36.5 Å². The molecule has 0 aromatic heterocycles. The predicted molar refractivity (Wildman–Crippen MR) is 154 cm³/mol. The summed E-state index contributed by atoms with van der Waals surface area (Å²) >= 11 is 0. The smallest absolute Gasteiger partial charge is 0.341 e. The molecule has 3 rings (SSSR count). The van der Waals surface area contributed by atoms with Crippen molar-refractivity contribution in [2.24, 2.45) is 0 Å². The molecule has 1 aliphatic rings. The van der Waals surface area contributed by atoms with Crippen LogP contribution in [0.15, 0.2) is 24.3 Å². The van der Waals surface area contributed by atoms with E-state index >= 15 is 0 Å². The Hall–Kier alpha value is -4.13. The Kier molecular flexibility index (Phi) is 9.32. The average Bonchev–Trinajstić information content (AvgIpc) is 3.17. The summed E-state index contributed by atoms with van der Waals surface area (Å²) in [4.78, 5) is 38.8. The van der Waals surface area contributed by atoms with Gasteiger partial charge in [0.2, 0.25) is 0 Å². The SMILES string of the molecule is CCOc1cc2c(cc1C(=O)NC)C(=N)N(CC(=O)c1cc(NCS(C)(=O)=O)c(OCC(=O)O)c(C(C)(C)C)c1)C2. The number of aliphatic carboxylic acids is 1. The maximum Gasteiger partial charge on any atom is 0.341 e. The number of Topliss-reactive ketones (excluding diaryl/α,β-unsaturated/α-hetero) is 1. The number of rotatable bonds is 12. The van der Waals surface area contributed by atoms with Crippen LogP contribution in [0, 0.1) is 5.41 Å². The predicted octanol–water partition coefficient (Wildman–Crippen LogP) is 2.64. The number of nitrogens with zero attached hydrogens (tertiary/aromatic N) is 1. The Balaban J connectivity index is 1.99. The molecule has 0 unspecified atom stereocenters. The van der Waals surface area contributed by atoms with Crippen molar-refractivity contribution < 1.29 is 37.4 Å². The number of anilines is 1. The van der Waals surface area contributed by atoms with Gasteiger partial charge >= 0.3 is 5.97 Å². The normalized spacial score (nSPS) is 13.0. The van der Waals surface area contributed by atoms with E-state index in [1.807, 2.05) is 20.8 Å². The molecule has 41 heavy (non-hydrogen) atoms. The maximum atomic E-state index is 13.6. The summed E-state index contributed by atoms with van der Waals surface area (Å²) < 4.78 is 35.0. The van der Waals surface area contributed by atoms with Gasteiger partial charge in [-0.2, -0.15) is 0 Å². The molecule has 2 aromatic carbocycles. The van der Waals surface area contributed by atoms with Crippen LogP contribution in [-0.2, 0) is 26.6 Å². The lowest BCUT2D eigenvalue weighted by Gasteiger charge is -2.26. The van der Waals surface area contributed by atoms with Gasteiger partial charge in [-0.25, -0.2) is 13.2 Å². The van der Waals surface area contributed by atoms with Crippen molar-refractivity contribution in [1.82, 2.24) is 10.2 Å². The van der Waals surface area contributed by atoms with Crippen molar-refractivity contribution in [3.05, 3.63) is 52.1 Å². The Morgan fingerprint density at radius 1 is 1.12 bits per heavy atom. The molecule has 0 saturated carbocycles. The first kappa shape index (κ1) is 31.4. The number of fused-ring (bicyclic) bond motifs is 1. The minimum atomic E-state index is -3.47. The molecule has 2 aromatic rings. The van der Waals surface area contributed by atoms with Crippen molar-refractivity contribution in [2.75, 3.05) is 44.3 Å². The van der Waals surface area contributed by atoms with Crippen molar-refractivity contribution in [3.8, 4) is 11.5 Å². The summed E-state index contributed by atoms with van der Waals surface area (Å²) in [5.74, 6) is -1.76. The van der Waals surface area contributed by atoms with Gasteiger partial charge < -0.3 is 30.1 Å². The van der Waals surface area contributed by atoms with Gasteiger partial charge in [-0.1, -0.05) is 20.8 Å². The van der Waals surface area contributed by atoms with Crippen molar-refractivity contribution in [2.45, 2.75) is 39.7 Å². The number of amidine groups is 1. The lowest BCUT2D eigenvalue weighted by molar-refractivity contribution is -0.139. The maximum absolute atomic E-state index is 13.6. The third-order valence-electron chi connectivity index (χ3n) is 6.33. The number of hydrogen-bond acceptors (Lipinski definition) is 9. The first-order valence-electron chi connectivity index (χ1n) is 12.9. The van der Waals surface area contributed by atoms with Gasteiger partial charge in [0.15, 0.2) is 22.2 Å².